The van der Waals surface area contributed by atoms with Crippen molar-refractivity contribution in [1.82, 2.24) is 0 Å². The lowest BCUT2D eigenvalue weighted by Gasteiger charge is -2.30. The number of nitrogens with one attached hydrogen (secondary N) is 1. The third-order valence-electron chi connectivity index (χ3n) is 3.74. The van der Waals surface area contributed by atoms with Gasteiger partial charge in [-0.25, -0.2) is 0 Å². The zero-order valence-corrected chi connectivity index (χ0v) is 12.3. The first-order chi connectivity index (χ1) is 8.88. The topological polar surface area (TPSA) is 12.0 Å². The van der Waals surface area contributed by atoms with E-state index in [9.17, 15) is 13.2 Å². The molecule has 0 saturated heterocycles. The van der Waals surface area contributed by atoms with Gasteiger partial charge in [-0.15, -0.1) is 0 Å². The van der Waals surface area contributed by atoms with Crippen molar-refractivity contribution in [2.75, 3.05) is 5.32 Å². The van der Waals surface area contributed by atoms with Crippen LogP contribution in [-0.2, 0) is 6.18 Å². The summed E-state index contributed by atoms with van der Waals surface area (Å²) in [7, 11) is 0. The Labute approximate surface area is 119 Å². The minimum absolute atomic E-state index is 0.0854. The molecule has 1 aromatic rings. The van der Waals surface area contributed by atoms with E-state index >= 15 is 0 Å². The number of hydrogen-bond acceptors (Lipinski definition) is 1. The van der Waals surface area contributed by atoms with E-state index < -0.39 is 11.7 Å². The molecule has 5 heteroatoms. The van der Waals surface area contributed by atoms with E-state index in [0.717, 1.165) is 19.3 Å². The Bertz CT molecular complexity index is 445. The second kappa shape index (κ2) is 5.73. The van der Waals surface area contributed by atoms with Gasteiger partial charge in [0.2, 0.25) is 0 Å². The Balaban J connectivity index is 2.17. The van der Waals surface area contributed by atoms with E-state index in [4.69, 9.17) is 0 Å². The van der Waals surface area contributed by atoms with Gasteiger partial charge in [0.15, 0.2) is 0 Å². The molecule has 0 heterocycles. The average Bonchev–Trinajstić information content (AvgIpc) is 2.33. The zero-order valence-electron chi connectivity index (χ0n) is 10.7. The van der Waals surface area contributed by atoms with Crippen molar-refractivity contribution in [3.8, 4) is 0 Å². The highest BCUT2D eigenvalue weighted by atomic mass is 79.9. The molecule has 1 aliphatic rings. The molecule has 2 unspecified atom stereocenters. The van der Waals surface area contributed by atoms with Crippen LogP contribution in [0.25, 0.3) is 0 Å². The molecule has 2 rings (SSSR count). The van der Waals surface area contributed by atoms with Crippen molar-refractivity contribution in [3.05, 3.63) is 28.2 Å². The molecule has 19 heavy (non-hydrogen) atoms. The van der Waals surface area contributed by atoms with E-state index in [1.165, 1.54) is 18.6 Å². The predicted octanol–water partition coefficient (Wildman–Crippen LogP) is 5.46. The maximum absolute atomic E-state index is 12.8. The molecule has 2 atom stereocenters. The summed E-state index contributed by atoms with van der Waals surface area (Å²) in [5.74, 6) is 0.506. The Morgan fingerprint density at radius 3 is 2.53 bits per heavy atom. The van der Waals surface area contributed by atoms with Crippen LogP contribution in [-0.4, -0.2) is 6.04 Å². The lowest BCUT2D eigenvalue weighted by atomic mass is 9.86. The lowest BCUT2D eigenvalue weighted by Crippen LogP contribution is -2.30. The number of alkyl halides is 3. The van der Waals surface area contributed by atoms with Gasteiger partial charge in [-0.2, -0.15) is 13.2 Å². The first-order valence-electron chi connectivity index (χ1n) is 6.51. The van der Waals surface area contributed by atoms with Crippen LogP contribution < -0.4 is 5.32 Å². The summed E-state index contributed by atoms with van der Waals surface area (Å²) >= 11 is 2.96. The number of halogens is 4. The summed E-state index contributed by atoms with van der Waals surface area (Å²) in [6.07, 6.45) is 0.200. The molecule has 1 saturated carbocycles. The van der Waals surface area contributed by atoms with Gasteiger partial charge < -0.3 is 5.32 Å². The van der Waals surface area contributed by atoms with Gasteiger partial charge in [0.05, 0.1) is 5.56 Å². The summed E-state index contributed by atoms with van der Waals surface area (Å²) in [6, 6.07) is 4.61. The molecule has 0 spiro atoms. The van der Waals surface area contributed by atoms with Crippen LogP contribution in [0.2, 0.25) is 0 Å². The molecule has 0 radical (unpaired) electrons. The smallest absolute Gasteiger partial charge is 0.382 e. The van der Waals surface area contributed by atoms with Crippen LogP contribution >= 0.6 is 15.9 Å². The van der Waals surface area contributed by atoms with Crippen LogP contribution in [0.3, 0.4) is 0 Å². The lowest BCUT2D eigenvalue weighted by molar-refractivity contribution is -0.138. The first-order valence-corrected chi connectivity index (χ1v) is 7.30. The normalized spacial score (nSPS) is 24.3. The minimum atomic E-state index is -4.32. The van der Waals surface area contributed by atoms with Gasteiger partial charge in [-0.05, 0) is 37.0 Å². The van der Waals surface area contributed by atoms with Gasteiger partial charge in [-0.3, -0.25) is 0 Å². The number of anilines is 1. The van der Waals surface area contributed by atoms with Crippen molar-refractivity contribution >= 4 is 21.6 Å². The summed E-state index contributed by atoms with van der Waals surface area (Å²) in [5.41, 5.74) is -0.0739. The van der Waals surface area contributed by atoms with Crippen molar-refractivity contribution in [3.63, 3.8) is 0 Å². The van der Waals surface area contributed by atoms with Crippen molar-refractivity contribution in [1.29, 1.82) is 0 Å². The molecule has 0 aliphatic heterocycles. The second-order valence-corrected chi connectivity index (χ2v) is 6.06. The SMILES string of the molecule is CC1CCCCC1Nc1ccc(Br)c(C(F)(F)F)c1. The fraction of sp³-hybridized carbons (Fsp3) is 0.571. The largest absolute Gasteiger partial charge is 0.417 e. The third kappa shape index (κ3) is 3.65. The fourth-order valence-corrected chi connectivity index (χ4v) is 3.05. The molecular formula is C14H17BrF3N. The monoisotopic (exact) mass is 335 g/mol. The molecule has 0 amide bonds. The molecule has 0 bridgehead atoms. The number of hydrogen-bond donors (Lipinski definition) is 1. The van der Waals surface area contributed by atoms with Crippen LogP contribution in [0, 0.1) is 5.92 Å². The fourth-order valence-electron chi connectivity index (χ4n) is 2.58. The Hall–Kier alpha value is -0.710. The highest BCUT2D eigenvalue weighted by molar-refractivity contribution is 9.10. The minimum Gasteiger partial charge on any atom is -0.382 e. The highest BCUT2D eigenvalue weighted by Gasteiger charge is 2.33. The molecule has 1 N–H and O–H groups in total. The van der Waals surface area contributed by atoms with Crippen LogP contribution in [0.15, 0.2) is 22.7 Å². The summed E-state index contributed by atoms with van der Waals surface area (Å²) in [4.78, 5) is 0. The first kappa shape index (κ1) is 14.7. The Morgan fingerprint density at radius 1 is 1.21 bits per heavy atom. The Morgan fingerprint density at radius 2 is 1.89 bits per heavy atom. The summed E-state index contributed by atoms with van der Waals surface area (Å²) in [6.45, 7) is 2.15. The van der Waals surface area contributed by atoms with Crippen molar-refractivity contribution in [2.24, 2.45) is 5.92 Å². The molecule has 1 aromatic carbocycles. The van der Waals surface area contributed by atoms with Gasteiger partial charge in [-0.1, -0.05) is 35.7 Å². The van der Waals surface area contributed by atoms with Crippen LogP contribution in [0.5, 0.6) is 0 Å². The van der Waals surface area contributed by atoms with Gasteiger partial charge in [0.25, 0.3) is 0 Å². The van der Waals surface area contributed by atoms with Gasteiger partial charge in [0.1, 0.15) is 0 Å². The molecule has 0 aromatic heterocycles. The van der Waals surface area contributed by atoms with Crippen molar-refractivity contribution in [2.45, 2.75) is 44.8 Å². The number of benzene rings is 1. The Kier molecular flexibility index (Phi) is 4.43. The van der Waals surface area contributed by atoms with Gasteiger partial charge in [0, 0.05) is 16.2 Å². The molecule has 106 valence electrons. The standard InChI is InChI=1S/C14H17BrF3N/c1-9-4-2-3-5-13(9)19-10-6-7-12(15)11(8-10)14(16,17)18/h6-9,13,19H,2-5H2,1H3. The number of rotatable bonds is 2. The quantitative estimate of drug-likeness (QED) is 0.756. The zero-order chi connectivity index (χ0) is 14.0. The van der Waals surface area contributed by atoms with E-state index in [1.54, 1.807) is 6.07 Å². The molecular weight excluding hydrogens is 319 g/mol. The van der Waals surface area contributed by atoms with E-state index in [2.05, 4.69) is 28.2 Å². The van der Waals surface area contributed by atoms with Crippen molar-refractivity contribution < 1.29 is 13.2 Å². The maximum Gasteiger partial charge on any atom is 0.417 e. The molecule has 1 aliphatic carbocycles. The predicted molar refractivity (Wildman–Crippen MR) is 74.2 cm³/mol. The van der Waals surface area contributed by atoms with E-state index in [1.807, 2.05) is 0 Å². The van der Waals surface area contributed by atoms with Crippen LogP contribution in [0.1, 0.15) is 38.2 Å². The third-order valence-corrected chi connectivity index (χ3v) is 4.43. The van der Waals surface area contributed by atoms with E-state index in [-0.39, 0.29) is 10.5 Å². The summed E-state index contributed by atoms with van der Waals surface area (Å²) in [5, 5.41) is 3.25. The van der Waals surface area contributed by atoms with Crippen LogP contribution in [0.4, 0.5) is 18.9 Å². The maximum atomic E-state index is 12.8. The average molecular weight is 336 g/mol. The summed E-state index contributed by atoms with van der Waals surface area (Å²) < 4.78 is 38.6. The molecule has 1 nitrogen and oxygen atoms in total. The molecule has 1 fully saturated rings. The highest BCUT2D eigenvalue weighted by Crippen LogP contribution is 2.37. The van der Waals surface area contributed by atoms with Gasteiger partial charge >= 0.3 is 6.18 Å². The van der Waals surface area contributed by atoms with E-state index in [0.29, 0.717) is 11.6 Å². The second-order valence-electron chi connectivity index (χ2n) is 5.20.